The highest BCUT2D eigenvalue weighted by Gasteiger charge is 2.21. The summed E-state index contributed by atoms with van der Waals surface area (Å²) in [5.41, 5.74) is 7.02. The zero-order chi connectivity index (χ0) is 21.6. The summed E-state index contributed by atoms with van der Waals surface area (Å²) in [5, 5.41) is 8.94. The highest BCUT2D eigenvalue weighted by molar-refractivity contribution is 7.99. The highest BCUT2D eigenvalue weighted by Crippen LogP contribution is 2.34. The molecule has 8 heteroatoms. The Kier molecular flexibility index (Phi) is 6.79. The summed E-state index contributed by atoms with van der Waals surface area (Å²) in [6.45, 7) is 0.468. The number of hydrogen-bond acceptors (Lipinski definition) is 6. The van der Waals surface area contributed by atoms with Crippen molar-refractivity contribution in [1.82, 2.24) is 19.1 Å². The molecule has 3 heterocycles. The molecular weight excluding hydrogens is 408 g/mol. The van der Waals surface area contributed by atoms with Gasteiger partial charge in [0.05, 0.1) is 29.2 Å². The van der Waals surface area contributed by atoms with Crippen molar-refractivity contribution in [2.75, 3.05) is 11.5 Å². The third-order valence-corrected chi connectivity index (χ3v) is 7.17. The fraction of sp³-hybridized carbons (Fsp3) is 0.478. The molecule has 0 unspecified atom stereocenters. The number of imidazole rings is 1. The molecular formula is C23H26N6OS. The highest BCUT2D eigenvalue weighted by atomic mass is 32.2. The number of nitrogen functional groups attached to an aromatic ring is 1. The summed E-state index contributed by atoms with van der Waals surface area (Å²) in [5.74, 6) is 8.98. The van der Waals surface area contributed by atoms with Crippen molar-refractivity contribution >= 4 is 23.7 Å². The van der Waals surface area contributed by atoms with Crippen molar-refractivity contribution in [3.05, 3.63) is 46.0 Å². The molecule has 2 aliphatic rings. The van der Waals surface area contributed by atoms with Crippen LogP contribution in [0.15, 0.2) is 23.3 Å². The van der Waals surface area contributed by atoms with E-state index in [0.717, 1.165) is 43.0 Å². The van der Waals surface area contributed by atoms with Crippen molar-refractivity contribution in [2.45, 2.75) is 62.8 Å². The normalized spacial score (nSPS) is 19.3. The van der Waals surface area contributed by atoms with Crippen LogP contribution in [0.2, 0.25) is 0 Å². The van der Waals surface area contributed by atoms with Gasteiger partial charge < -0.3 is 10.3 Å². The molecule has 0 aromatic carbocycles. The molecule has 1 saturated carbocycles. The van der Waals surface area contributed by atoms with Gasteiger partial charge in [0.2, 0.25) is 0 Å². The number of allylic oxidation sites excluding steroid dienone is 1. The van der Waals surface area contributed by atoms with E-state index in [9.17, 15) is 4.79 Å². The first kappa shape index (κ1) is 21.3. The minimum absolute atomic E-state index is 0.113. The second-order valence-electron chi connectivity index (χ2n) is 7.95. The first-order chi connectivity index (χ1) is 15.2. The Morgan fingerprint density at radius 1 is 1.19 bits per heavy atom. The SMILES string of the molecule is N#C/C=C/c1cn(CC#Cc2cn([C@H]3CCCS3)c(=O)nc2N)c(C2CCCCC2)n1. The number of nitrogens with zero attached hydrogens (tertiary/aromatic N) is 5. The van der Waals surface area contributed by atoms with Crippen LogP contribution >= 0.6 is 11.8 Å². The summed E-state index contributed by atoms with van der Waals surface area (Å²) in [6.07, 6.45) is 14.9. The Morgan fingerprint density at radius 2 is 2.03 bits per heavy atom. The maximum atomic E-state index is 12.3. The quantitative estimate of drug-likeness (QED) is 0.582. The zero-order valence-electron chi connectivity index (χ0n) is 17.5. The predicted molar refractivity (Wildman–Crippen MR) is 123 cm³/mol. The molecule has 160 valence electrons. The molecule has 1 aliphatic heterocycles. The largest absolute Gasteiger partial charge is 0.382 e. The number of rotatable bonds is 4. The summed E-state index contributed by atoms with van der Waals surface area (Å²) < 4.78 is 3.74. The van der Waals surface area contributed by atoms with E-state index in [-0.39, 0.29) is 16.9 Å². The van der Waals surface area contributed by atoms with Gasteiger partial charge in [-0.25, -0.2) is 9.78 Å². The third kappa shape index (κ3) is 5.03. The molecule has 7 nitrogen and oxygen atoms in total. The monoisotopic (exact) mass is 434 g/mol. The Balaban J connectivity index is 1.59. The van der Waals surface area contributed by atoms with Gasteiger partial charge in [0.25, 0.3) is 0 Å². The van der Waals surface area contributed by atoms with Gasteiger partial charge in [0.15, 0.2) is 0 Å². The first-order valence-corrected chi connectivity index (χ1v) is 11.8. The maximum absolute atomic E-state index is 12.3. The lowest BCUT2D eigenvalue weighted by molar-refractivity contribution is 0.419. The molecule has 0 spiro atoms. The van der Waals surface area contributed by atoms with Crippen LogP contribution in [0.1, 0.15) is 73.3 Å². The van der Waals surface area contributed by atoms with Crippen molar-refractivity contribution in [3.63, 3.8) is 0 Å². The Labute approximate surface area is 186 Å². The zero-order valence-corrected chi connectivity index (χ0v) is 18.3. The van der Waals surface area contributed by atoms with Gasteiger partial charge >= 0.3 is 5.69 Å². The molecule has 1 aliphatic carbocycles. The lowest BCUT2D eigenvalue weighted by Crippen LogP contribution is -2.26. The van der Waals surface area contributed by atoms with E-state index < -0.39 is 0 Å². The number of anilines is 1. The van der Waals surface area contributed by atoms with Gasteiger partial charge in [-0.15, -0.1) is 11.8 Å². The second kappa shape index (κ2) is 9.89. The Hall–Kier alpha value is -2.97. The van der Waals surface area contributed by atoms with E-state index in [1.807, 2.05) is 12.3 Å². The average molecular weight is 435 g/mol. The fourth-order valence-electron chi connectivity index (χ4n) is 4.25. The first-order valence-electron chi connectivity index (χ1n) is 10.8. The van der Waals surface area contributed by atoms with E-state index in [1.54, 1.807) is 28.6 Å². The molecule has 1 saturated heterocycles. The van der Waals surface area contributed by atoms with Gasteiger partial charge in [-0.1, -0.05) is 31.1 Å². The standard InChI is InChI=1S/C23H26N6OS/c24-12-4-10-19-16-28(22(26-19)17-7-2-1-3-8-17)13-5-9-18-15-29(20-11-6-14-31-20)23(30)27-21(18)25/h4,10,15-17,20H,1-3,6-8,11,13-14H2,(H2,25,27,30)/b10-4+/t20-/m1/s1. The number of aromatic nitrogens is 4. The molecule has 2 aromatic heterocycles. The number of nitrogens with two attached hydrogens (primary N) is 1. The van der Waals surface area contributed by atoms with E-state index in [4.69, 9.17) is 16.0 Å². The van der Waals surface area contributed by atoms with E-state index in [1.165, 1.54) is 25.3 Å². The van der Waals surface area contributed by atoms with Crippen molar-refractivity contribution in [2.24, 2.45) is 0 Å². The van der Waals surface area contributed by atoms with Crippen LogP contribution in [0.25, 0.3) is 6.08 Å². The molecule has 2 fully saturated rings. The van der Waals surface area contributed by atoms with Crippen LogP contribution in [0.4, 0.5) is 5.82 Å². The average Bonchev–Trinajstić information content (AvgIpc) is 3.45. The van der Waals surface area contributed by atoms with Crippen molar-refractivity contribution in [1.29, 1.82) is 5.26 Å². The molecule has 2 aromatic rings. The van der Waals surface area contributed by atoms with Crippen molar-refractivity contribution < 1.29 is 0 Å². The molecule has 2 N–H and O–H groups in total. The maximum Gasteiger partial charge on any atom is 0.350 e. The van der Waals surface area contributed by atoms with Crippen LogP contribution in [0.3, 0.4) is 0 Å². The molecule has 0 bridgehead atoms. The van der Waals surface area contributed by atoms with E-state index >= 15 is 0 Å². The molecule has 4 rings (SSSR count). The summed E-state index contributed by atoms with van der Waals surface area (Å²) in [6, 6.07) is 2.02. The third-order valence-electron chi connectivity index (χ3n) is 5.79. The van der Waals surface area contributed by atoms with Crippen LogP contribution in [-0.4, -0.2) is 24.9 Å². The Bertz CT molecular complexity index is 1120. The molecule has 31 heavy (non-hydrogen) atoms. The number of hydrogen-bond donors (Lipinski definition) is 1. The van der Waals surface area contributed by atoms with Crippen LogP contribution in [0, 0.1) is 23.2 Å². The second-order valence-corrected chi connectivity index (χ2v) is 9.23. The topological polar surface area (TPSA) is 103 Å². The molecule has 0 amide bonds. The summed E-state index contributed by atoms with van der Waals surface area (Å²) >= 11 is 1.76. The number of nitriles is 1. The molecule has 1 atom stereocenters. The summed E-state index contributed by atoms with van der Waals surface area (Å²) in [7, 11) is 0. The van der Waals surface area contributed by atoms with Gasteiger partial charge in [-0.2, -0.15) is 10.2 Å². The van der Waals surface area contributed by atoms with Gasteiger partial charge in [0, 0.05) is 24.4 Å². The van der Waals surface area contributed by atoms with Crippen LogP contribution in [0.5, 0.6) is 0 Å². The van der Waals surface area contributed by atoms with E-state index in [2.05, 4.69) is 21.4 Å². The minimum atomic E-state index is -0.314. The molecule has 0 radical (unpaired) electrons. The lowest BCUT2D eigenvalue weighted by Gasteiger charge is -2.21. The summed E-state index contributed by atoms with van der Waals surface area (Å²) in [4.78, 5) is 21.0. The van der Waals surface area contributed by atoms with Gasteiger partial charge in [0.1, 0.15) is 11.6 Å². The van der Waals surface area contributed by atoms with Crippen molar-refractivity contribution in [3.8, 4) is 17.9 Å². The minimum Gasteiger partial charge on any atom is -0.382 e. The smallest absolute Gasteiger partial charge is 0.350 e. The lowest BCUT2D eigenvalue weighted by atomic mass is 9.88. The fourth-order valence-corrected chi connectivity index (χ4v) is 5.50. The van der Waals surface area contributed by atoms with Crippen LogP contribution in [-0.2, 0) is 6.54 Å². The van der Waals surface area contributed by atoms with E-state index in [0.29, 0.717) is 18.0 Å². The van der Waals surface area contributed by atoms with Gasteiger partial charge in [-0.05, 0) is 37.5 Å². The number of thioether (sulfide) groups is 1. The Morgan fingerprint density at radius 3 is 2.77 bits per heavy atom. The van der Waals surface area contributed by atoms with Gasteiger partial charge in [-0.3, -0.25) is 4.57 Å². The predicted octanol–water partition coefficient (Wildman–Crippen LogP) is 3.68. The van der Waals surface area contributed by atoms with Crippen LogP contribution < -0.4 is 11.4 Å².